The zero-order chi connectivity index (χ0) is 53.4. The van der Waals surface area contributed by atoms with E-state index in [-0.39, 0.29) is 11.4 Å². The molecular weight excluding hydrogens is 1130 g/mol. The van der Waals surface area contributed by atoms with Crippen LogP contribution in [-0.2, 0) is 40.4 Å². The lowest BCUT2D eigenvalue weighted by Crippen LogP contribution is -2.39. The van der Waals surface area contributed by atoms with Gasteiger partial charge in [-0.25, -0.2) is 19.2 Å². The molecule has 0 unspecified atom stereocenters. The summed E-state index contributed by atoms with van der Waals surface area (Å²) >= 11 is 6.72. The molecule has 4 aromatic heterocycles. The normalized spacial score (nSPS) is 12.1. The molecule has 8 rings (SSSR count). The van der Waals surface area contributed by atoms with Crippen molar-refractivity contribution in [1.82, 2.24) is 54.6 Å². The second-order valence-electron chi connectivity index (χ2n) is 15.0. The minimum absolute atomic E-state index is 0.166. The standard InChI is InChI=1S/C23H18BrF5N6O3.C21H13BrF5N5O3/c1-33-17(11-20(31-33)22(25,26)21(36)34(2)37-3)16-9-6-14(24)10-18(16)35-19(12-30-32-35)13-4-7-15(8-5-13)38-23(27,28)29;1-31-15(9-18(29-31)20(23,24)19(33)34)14-7-4-12(22)8-16(14)32-17(10-28-30-32)11-2-5-13(6-3-11)35-21(25,26)27/h4-12H,1-3H3;2-10H,1H3,(H,33,34). The smallest absolute Gasteiger partial charge is 0.476 e. The number of aryl methyl sites for hydroxylation is 2. The van der Waals surface area contributed by atoms with Gasteiger partial charge in [-0.3, -0.25) is 19.0 Å². The third-order valence-corrected chi connectivity index (χ3v) is 11.3. The van der Waals surface area contributed by atoms with Crippen LogP contribution in [0.4, 0.5) is 43.9 Å². The maximum absolute atomic E-state index is 14.9. The van der Waals surface area contributed by atoms with Crippen LogP contribution in [0.25, 0.3) is 56.4 Å². The van der Waals surface area contributed by atoms with Crippen molar-refractivity contribution >= 4 is 43.7 Å². The van der Waals surface area contributed by atoms with E-state index in [9.17, 15) is 53.5 Å². The number of aromatic nitrogens is 10. The first-order chi connectivity index (χ1) is 34.2. The van der Waals surface area contributed by atoms with Gasteiger partial charge in [0.1, 0.15) is 22.9 Å². The largest absolute Gasteiger partial charge is 0.573 e. The molecule has 0 atom stereocenters. The second kappa shape index (κ2) is 20.5. The van der Waals surface area contributed by atoms with E-state index in [0.717, 1.165) is 55.2 Å². The van der Waals surface area contributed by atoms with Crippen LogP contribution in [0.15, 0.2) is 118 Å². The molecule has 17 nitrogen and oxygen atoms in total. The number of carboxylic acid groups (broad SMARTS) is 1. The average Bonchev–Trinajstić information content (AvgIpc) is 4.16. The highest BCUT2D eigenvalue weighted by molar-refractivity contribution is 9.10. The Bertz CT molecular complexity index is 3300. The van der Waals surface area contributed by atoms with Gasteiger partial charge in [0.05, 0.1) is 53.7 Å². The van der Waals surface area contributed by atoms with Crippen LogP contribution >= 0.6 is 31.9 Å². The minimum Gasteiger partial charge on any atom is -0.476 e. The highest BCUT2D eigenvalue weighted by Gasteiger charge is 2.47. The SMILES string of the molecule is CON(C)C(=O)C(F)(F)c1cc(-c2ccc(Br)cc2-n2nncc2-c2ccc(OC(F)(F)F)cc2)n(C)n1.Cn1nc(C(F)(F)C(=O)O)cc1-c1ccc(Br)cc1-n1nncc1-c1ccc(OC(F)(F)F)cc1. The Hall–Kier alpha value is -7.66. The molecule has 0 aliphatic carbocycles. The van der Waals surface area contributed by atoms with Gasteiger partial charge < -0.3 is 14.6 Å². The molecule has 0 aliphatic rings. The predicted molar refractivity (Wildman–Crippen MR) is 242 cm³/mol. The van der Waals surface area contributed by atoms with Crippen LogP contribution in [0.3, 0.4) is 0 Å². The summed E-state index contributed by atoms with van der Waals surface area (Å²) in [4.78, 5) is 27.7. The molecule has 73 heavy (non-hydrogen) atoms. The van der Waals surface area contributed by atoms with Crippen LogP contribution in [-0.4, -0.2) is 98.5 Å². The Kier molecular flexibility index (Phi) is 14.9. The first-order valence-electron chi connectivity index (χ1n) is 20.2. The number of alkyl halides is 10. The molecule has 29 heteroatoms. The van der Waals surface area contributed by atoms with Crippen molar-refractivity contribution in [2.45, 2.75) is 24.6 Å². The Morgan fingerprint density at radius 1 is 0.575 bits per heavy atom. The number of rotatable bonds is 13. The van der Waals surface area contributed by atoms with Crippen LogP contribution < -0.4 is 9.47 Å². The molecule has 0 spiro atoms. The fourth-order valence-corrected chi connectivity index (χ4v) is 7.61. The first kappa shape index (κ1) is 53.1. The molecule has 4 heterocycles. The van der Waals surface area contributed by atoms with Gasteiger partial charge in [0, 0.05) is 52.3 Å². The van der Waals surface area contributed by atoms with Crippen LogP contribution in [0.5, 0.6) is 11.5 Å². The monoisotopic (exact) mass is 1160 g/mol. The fourth-order valence-electron chi connectivity index (χ4n) is 6.91. The molecule has 8 aromatic rings. The topological polar surface area (TPSA) is 182 Å². The van der Waals surface area contributed by atoms with Crippen molar-refractivity contribution < 1.29 is 72.9 Å². The quantitative estimate of drug-likeness (QED) is 0.0853. The van der Waals surface area contributed by atoms with Gasteiger partial charge >= 0.3 is 36.4 Å². The number of halogens is 12. The number of aliphatic carboxylic acids is 1. The van der Waals surface area contributed by atoms with E-state index in [1.54, 1.807) is 36.4 Å². The van der Waals surface area contributed by atoms with Gasteiger partial charge in [-0.15, -0.1) is 36.5 Å². The number of carboxylic acids is 1. The van der Waals surface area contributed by atoms with Gasteiger partial charge in [0.25, 0.3) is 0 Å². The summed E-state index contributed by atoms with van der Waals surface area (Å²) in [6, 6.07) is 21.9. The number of nitrogens with zero attached hydrogens (tertiary/aromatic N) is 11. The van der Waals surface area contributed by atoms with Gasteiger partial charge in [-0.2, -0.15) is 27.8 Å². The van der Waals surface area contributed by atoms with E-state index in [0.29, 0.717) is 59.0 Å². The molecular formula is C44H31Br2F10N11O6. The number of hydrogen-bond donors (Lipinski definition) is 1. The van der Waals surface area contributed by atoms with Gasteiger partial charge in [-0.1, -0.05) is 42.3 Å². The van der Waals surface area contributed by atoms with Crippen molar-refractivity contribution in [3.63, 3.8) is 0 Å². The van der Waals surface area contributed by atoms with Crippen molar-refractivity contribution in [2.24, 2.45) is 14.1 Å². The summed E-state index contributed by atoms with van der Waals surface area (Å²) in [6.45, 7) is 0. The van der Waals surface area contributed by atoms with E-state index in [4.69, 9.17) is 5.11 Å². The first-order valence-corrected chi connectivity index (χ1v) is 21.8. The van der Waals surface area contributed by atoms with Crippen molar-refractivity contribution in [1.29, 1.82) is 0 Å². The lowest BCUT2D eigenvalue weighted by atomic mass is 10.1. The van der Waals surface area contributed by atoms with E-state index >= 15 is 0 Å². The van der Waals surface area contributed by atoms with E-state index < -0.39 is 59.3 Å². The number of hydrogen-bond acceptors (Lipinski definition) is 11. The fraction of sp³-hybridized carbons (Fsp3) is 0.182. The van der Waals surface area contributed by atoms with E-state index in [1.807, 2.05) is 0 Å². The van der Waals surface area contributed by atoms with Crippen LogP contribution in [0.2, 0.25) is 0 Å². The Labute approximate surface area is 420 Å². The molecule has 0 bridgehead atoms. The van der Waals surface area contributed by atoms with Crippen LogP contribution in [0.1, 0.15) is 11.4 Å². The second-order valence-corrected chi connectivity index (χ2v) is 16.9. The van der Waals surface area contributed by atoms with E-state index in [1.165, 1.54) is 64.8 Å². The van der Waals surface area contributed by atoms with Crippen LogP contribution in [0, 0.1) is 0 Å². The van der Waals surface area contributed by atoms with Gasteiger partial charge in [0.2, 0.25) is 0 Å². The Morgan fingerprint density at radius 2 is 0.959 bits per heavy atom. The zero-order valence-electron chi connectivity index (χ0n) is 37.3. The predicted octanol–water partition coefficient (Wildman–Crippen LogP) is 10.3. The summed E-state index contributed by atoms with van der Waals surface area (Å²) in [5, 5.41) is 32.7. The molecule has 0 saturated carbocycles. The zero-order valence-corrected chi connectivity index (χ0v) is 40.5. The average molecular weight is 1160 g/mol. The summed E-state index contributed by atoms with van der Waals surface area (Å²) < 4.78 is 147. The number of likely N-dealkylation sites (N-methyl/N-ethyl adjacent to an activating group) is 1. The summed E-state index contributed by atoms with van der Waals surface area (Å²) in [7, 11) is 4.95. The maximum Gasteiger partial charge on any atom is 0.573 e. The molecule has 0 saturated heterocycles. The third-order valence-electron chi connectivity index (χ3n) is 10.3. The Morgan fingerprint density at radius 3 is 1.32 bits per heavy atom. The van der Waals surface area contributed by atoms with Gasteiger partial charge in [0.15, 0.2) is 0 Å². The molecule has 0 radical (unpaired) electrons. The summed E-state index contributed by atoms with van der Waals surface area (Å²) in [5.74, 6) is -12.9. The molecule has 382 valence electrons. The van der Waals surface area contributed by atoms with E-state index in [2.05, 4.69) is 77.0 Å². The molecule has 1 amide bonds. The summed E-state index contributed by atoms with van der Waals surface area (Å²) in [5.41, 5.74) is 1.84. The van der Waals surface area contributed by atoms with Crippen molar-refractivity contribution in [3.05, 3.63) is 130 Å². The lowest BCUT2D eigenvalue weighted by Gasteiger charge is -2.19. The summed E-state index contributed by atoms with van der Waals surface area (Å²) in [6.07, 6.45) is -6.90. The van der Waals surface area contributed by atoms with Crippen molar-refractivity contribution in [3.8, 4) is 67.9 Å². The third kappa shape index (κ3) is 11.7. The lowest BCUT2D eigenvalue weighted by molar-refractivity contribution is -0.275. The number of carbonyl (C=O) groups is 2. The number of benzene rings is 4. The molecule has 0 fully saturated rings. The van der Waals surface area contributed by atoms with Gasteiger partial charge in [-0.05, 0) is 97.1 Å². The number of ether oxygens (including phenoxy) is 2. The maximum atomic E-state index is 14.9. The van der Waals surface area contributed by atoms with Crippen molar-refractivity contribution in [2.75, 3.05) is 14.2 Å². The minimum atomic E-state index is -4.84. The Balaban J connectivity index is 0.000000214. The highest BCUT2D eigenvalue weighted by atomic mass is 79.9. The number of hydroxylamine groups is 2. The molecule has 0 aliphatic heterocycles. The molecule has 1 N–H and O–H groups in total. The number of amides is 1. The highest BCUT2D eigenvalue weighted by Crippen LogP contribution is 2.39. The molecule has 4 aromatic carbocycles. The number of carbonyl (C=O) groups excluding carboxylic acids is 1.